The van der Waals surface area contributed by atoms with Gasteiger partial charge in [0.1, 0.15) is 0 Å². The molecule has 5 rings (SSSR count). The van der Waals surface area contributed by atoms with E-state index in [4.69, 9.17) is 30.5 Å². The number of carbonyl (C=O) groups excluding carboxylic acids is 1. The predicted octanol–water partition coefficient (Wildman–Crippen LogP) is 10.1. The van der Waals surface area contributed by atoms with Gasteiger partial charge in [0.15, 0.2) is 29.1 Å². The number of rotatable bonds is 14. The molecule has 1 atom stereocenters. The number of ether oxygens (including phenoxy) is 4. The summed E-state index contributed by atoms with van der Waals surface area (Å²) in [4.78, 5) is 14.7. The summed E-state index contributed by atoms with van der Waals surface area (Å²) in [6.07, 6.45) is -9.32. The number of anilines is 2. The second-order valence-electron chi connectivity index (χ2n) is 12.4. The van der Waals surface area contributed by atoms with Gasteiger partial charge in [-0.2, -0.15) is 26.3 Å². The largest absolute Gasteiger partial charge is 0.493 e. The Labute approximate surface area is 331 Å². The molecule has 0 aromatic heterocycles. The van der Waals surface area contributed by atoms with Crippen molar-refractivity contribution >= 4 is 28.9 Å². The number of halogens is 7. The molecule has 1 amide bonds. The average molecular weight is 819 g/mol. The van der Waals surface area contributed by atoms with Crippen molar-refractivity contribution in [3.8, 4) is 23.0 Å². The lowest BCUT2D eigenvalue weighted by Gasteiger charge is -2.26. The number of methoxy groups -OCH3 is 4. The second-order valence-corrected chi connectivity index (χ2v) is 12.8. The van der Waals surface area contributed by atoms with Crippen molar-refractivity contribution < 1.29 is 55.2 Å². The zero-order valence-electron chi connectivity index (χ0n) is 31.4. The maximum Gasteiger partial charge on any atom is 0.416 e. The maximum absolute atomic E-state index is 13.3. The minimum absolute atomic E-state index is 0.102. The van der Waals surface area contributed by atoms with Crippen LogP contribution in [0.25, 0.3) is 0 Å². The Kier molecular flexibility index (Phi) is 15.5. The predicted molar refractivity (Wildman–Crippen MR) is 207 cm³/mol. The summed E-state index contributed by atoms with van der Waals surface area (Å²) in [5, 5.41) is 14.4. The van der Waals surface area contributed by atoms with Gasteiger partial charge in [0.25, 0.3) is 5.91 Å². The molecule has 5 aromatic carbocycles. The molecule has 5 aromatic rings. The third kappa shape index (κ3) is 12.4. The van der Waals surface area contributed by atoms with Crippen LogP contribution in [-0.4, -0.2) is 52.5 Å². The molecule has 15 heteroatoms. The quantitative estimate of drug-likeness (QED) is 0.108. The molecule has 0 heterocycles. The Morgan fingerprint density at radius 1 is 0.649 bits per heavy atom. The lowest BCUT2D eigenvalue weighted by Crippen LogP contribution is -2.37. The maximum atomic E-state index is 13.3. The van der Waals surface area contributed by atoms with E-state index in [0.29, 0.717) is 57.8 Å². The average Bonchev–Trinajstić information content (AvgIpc) is 3.20. The normalized spacial score (nSPS) is 11.8. The first-order valence-corrected chi connectivity index (χ1v) is 17.7. The summed E-state index contributed by atoms with van der Waals surface area (Å²) in [5.41, 5.74) is 1.71. The number of amides is 1. The number of benzene rings is 5. The van der Waals surface area contributed by atoms with Crippen molar-refractivity contribution in [2.75, 3.05) is 51.7 Å². The topological polar surface area (TPSA) is 89.5 Å². The van der Waals surface area contributed by atoms with Crippen molar-refractivity contribution in [2.24, 2.45) is 0 Å². The first-order chi connectivity index (χ1) is 27.1. The van der Waals surface area contributed by atoms with Gasteiger partial charge < -0.3 is 34.3 Å². The Balaban J connectivity index is 0.000000273. The zero-order valence-corrected chi connectivity index (χ0v) is 32.1. The van der Waals surface area contributed by atoms with Gasteiger partial charge in [-0.3, -0.25) is 4.79 Å². The van der Waals surface area contributed by atoms with Gasteiger partial charge in [-0.1, -0.05) is 48.0 Å². The zero-order chi connectivity index (χ0) is 41.8. The summed E-state index contributed by atoms with van der Waals surface area (Å²) in [6.45, 7) is 0.700. The van der Waals surface area contributed by atoms with Gasteiger partial charge in [-0.25, -0.2) is 0 Å². The van der Waals surface area contributed by atoms with Gasteiger partial charge in [-0.15, -0.1) is 0 Å². The van der Waals surface area contributed by atoms with Crippen LogP contribution in [-0.2, 0) is 30.0 Å². The lowest BCUT2D eigenvalue weighted by atomic mass is 10.1. The fourth-order valence-electron chi connectivity index (χ4n) is 5.55. The van der Waals surface area contributed by atoms with Crippen LogP contribution in [0.15, 0.2) is 109 Å². The van der Waals surface area contributed by atoms with Crippen LogP contribution >= 0.6 is 11.6 Å². The fraction of sp³-hybridized carbons (Fsp3) is 0.262. The summed E-state index contributed by atoms with van der Waals surface area (Å²) < 4.78 is 97.0. The summed E-state index contributed by atoms with van der Waals surface area (Å²) >= 11 is 5.90. The van der Waals surface area contributed by atoms with E-state index in [9.17, 15) is 36.2 Å². The lowest BCUT2D eigenvalue weighted by molar-refractivity contribution is -0.138. The number of nitrogens with one attached hydrogen (secondary N) is 1. The van der Waals surface area contributed by atoms with Gasteiger partial charge in [0, 0.05) is 41.6 Å². The first kappa shape index (κ1) is 44.1. The number of alkyl halides is 6. The van der Waals surface area contributed by atoms with E-state index in [2.05, 4.69) is 5.32 Å². The molecular weight excluding hydrogens is 778 g/mol. The molecule has 0 aliphatic heterocycles. The Bertz CT molecular complexity index is 2040. The molecule has 0 spiro atoms. The van der Waals surface area contributed by atoms with Crippen molar-refractivity contribution in [1.29, 1.82) is 0 Å². The van der Waals surface area contributed by atoms with Gasteiger partial charge in [-0.05, 0) is 90.2 Å². The van der Waals surface area contributed by atoms with E-state index >= 15 is 0 Å². The smallest absolute Gasteiger partial charge is 0.416 e. The number of aliphatic hydroxyl groups is 1. The summed E-state index contributed by atoms with van der Waals surface area (Å²) in [5.74, 6) is 1.49. The molecule has 57 heavy (non-hydrogen) atoms. The van der Waals surface area contributed by atoms with Gasteiger partial charge in [0.05, 0.1) is 39.6 Å². The van der Waals surface area contributed by atoms with Gasteiger partial charge in [0.2, 0.25) is 0 Å². The summed E-state index contributed by atoms with van der Waals surface area (Å²) in [6, 6.07) is 26.5. The third-order valence-corrected chi connectivity index (χ3v) is 8.93. The molecule has 0 fully saturated rings. The molecule has 0 saturated carbocycles. The van der Waals surface area contributed by atoms with E-state index in [1.807, 2.05) is 12.1 Å². The van der Waals surface area contributed by atoms with Gasteiger partial charge >= 0.3 is 12.4 Å². The van der Waals surface area contributed by atoms with Crippen LogP contribution in [0.2, 0.25) is 5.02 Å². The second kappa shape index (κ2) is 20.0. The molecule has 0 aliphatic rings. The van der Waals surface area contributed by atoms with Crippen LogP contribution < -0.4 is 29.2 Å². The van der Waals surface area contributed by atoms with Crippen molar-refractivity contribution in [2.45, 2.75) is 31.3 Å². The highest BCUT2D eigenvalue weighted by Gasteiger charge is 2.31. The molecular formula is C42H41ClF6N2O6. The van der Waals surface area contributed by atoms with Crippen LogP contribution in [0, 0.1) is 0 Å². The molecule has 0 aliphatic carbocycles. The highest BCUT2D eigenvalue weighted by molar-refractivity contribution is 6.30. The first-order valence-electron chi connectivity index (χ1n) is 17.3. The third-order valence-electron chi connectivity index (χ3n) is 8.68. The monoisotopic (exact) mass is 818 g/mol. The highest BCUT2D eigenvalue weighted by atomic mass is 35.5. The van der Waals surface area contributed by atoms with Crippen molar-refractivity contribution in [3.63, 3.8) is 0 Å². The van der Waals surface area contributed by atoms with E-state index in [1.54, 1.807) is 62.8 Å². The van der Waals surface area contributed by atoms with Crippen molar-refractivity contribution in [3.05, 3.63) is 142 Å². The van der Waals surface area contributed by atoms with E-state index in [0.717, 1.165) is 35.5 Å². The van der Waals surface area contributed by atoms with Crippen molar-refractivity contribution in [1.82, 2.24) is 0 Å². The highest BCUT2D eigenvalue weighted by Crippen LogP contribution is 2.34. The molecule has 8 nitrogen and oxygen atoms in total. The minimum Gasteiger partial charge on any atom is -0.493 e. The molecule has 1 unspecified atom stereocenters. The van der Waals surface area contributed by atoms with Crippen LogP contribution in [0.4, 0.5) is 37.7 Å². The number of hydrogen-bond acceptors (Lipinski definition) is 7. The minimum atomic E-state index is -4.43. The van der Waals surface area contributed by atoms with E-state index in [1.165, 1.54) is 43.4 Å². The molecule has 0 radical (unpaired) electrons. The standard InChI is InChI=1S/C25H23ClF3NO4.C17H18F3NO2/c1-33-21-12-11-20(15-22(21)34-2)30(24(32)23(31)17-5-9-19(26)10-6-17)14-13-16-3-7-18(8-4-16)25(27,28)29;1-22-15-8-7-14(11-16(15)23-2)21-10-9-12-3-5-13(6-4-12)17(18,19)20/h3-12,15,23,31H,13-14H2,1-2H3;3-8,11,21H,9-10H2,1-2H3. The number of nitrogens with zero attached hydrogens (tertiary/aromatic N) is 1. The Morgan fingerprint density at radius 2 is 1.12 bits per heavy atom. The number of carbonyl (C=O) groups is 1. The molecule has 0 saturated heterocycles. The summed E-state index contributed by atoms with van der Waals surface area (Å²) in [7, 11) is 6.06. The Hall–Kier alpha value is -5.60. The van der Waals surface area contributed by atoms with Crippen LogP contribution in [0.3, 0.4) is 0 Å². The van der Waals surface area contributed by atoms with Crippen LogP contribution in [0.5, 0.6) is 23.0 Å². The molecule has 2 N–H and O–H groups in total. The number of aliphatic hydroxyl groups excluding tert-OH is 1. The SMILES string of the molecule is COc1ccc(N(CCc2ccc(C(F)(F)F)cc2)C(=O)C(O)c2ccc(Cl)cc2)cc1OC.COc1ccc(NCCc2ccc(C(F)(F)F)cc2)cc1OC. The number of hydrogen-bond donors (Lipinski definition) is 2. The Morgan fingerprint density at radius 3 is 1.61 bits per heavy atom. The molecule has 304 valence electrons. The fourth-order valence-corrected chi connectivity index (χ4v) is 5.68. The van der Waals surface area contributed by atoms with Crippen LogP contribution in [0.1, 0.15) is 33.9 Å². The van der Waals surface area contributed by atoms with E-state index in [-0.39, 0.29) is 13.0 Å². The van der Waals surface area contributed by atoms with E-state index < -0.39 is 35.5 Å². The molecule has 0 bridgehead atoms.